The first-order valence-corrected chi connectivity index (χ1v) is 15.4. The van der Waals surface area contributed by atoms with Crippen LogP contribution >= 0.6 is 11.6 Å². The van der Waals surface area contributed by atoms with Crippen LogP contribution in [0, 0.1) is 22.7 Å². The first kappa shape index (κ1) is 34.2. The Morgan fingerprint density at radius 3 is 1.66 bits per heavy atom. The summed E-state index contributed by atoms with van der Waals surface area (Å²) in [6.45, 7) is 3.83. The van der Waals surface area contributed by atoms with E-state index in [4.69, 9.17) is 36.3 Å². The lowest BCUT2D eigenvalue weighted by molar-refractivity contribution is 0.0725. The monoisotopic (exact) mass is 646 g/mol. The van der Waals surface area contributed by atoms with Crippen molar-refractivity contribution in [3.63, 3.8) is 0 Å². The Balaban J connectivity index is 1.31. The number of nitrogens with zero attached hydrogens (tertiary/aromatic N) is 2. The van der Waals surface area contributed by atoms with E-state index in [-0.39, 0.29) is 39.0 Å². The third kappa shape index (κ3) is 9.40. The van der Waals surface area contributed by atoms with Crippen molar-refractivity contribution in [3.8, 4) is 29.4 Å². The second kappa shape index (κ2) is 16.6. The van der Waals surface area contributed by atoms with Crippen molar-refractivity contribution in [2.24, 2.45) is 0 Å². The quantitative estimate of drug-likeness (QED) is 0.0646. The van der Waals surface area contributed by atoms with Crippen molar-refractivity contribution < 1.29 is 28.6 Å². The van der Waals surface area contributed by atoms with Crippen LogP contribution in [0.4, 0.5) is 0 Å². The minimum Gasteiger partial charge on any atom is -0.423 e. The van der Waals surface area contributed by atoms with Crippen LogP contribution in [0.15, 0.2) is 96.6 Å². The summed E-state index contributed by atoms with van der Waals surface area (Å²) in [6.07, 6.45) is 5.69. The number of esters is 3. The Morgan fingerprint density at radius 1 is 0.638 bits per heavy atom. The number of allylic oxidation sites excluding steroid dienone is 2. The molecule has 0 aromatic heterocycles. The van der Waals surface area contributed by atoms with Gasteiger partial charge in [-0.3, -0.25) is 0 Å². The molecule has 0 radical (unpaired) electrons. The van der Waals surface area contributed by atoms with E-state index in [0.717, 1.165) is 12.8 Å². The van der Waals surface area contributed by atoms with Crippen LogP contribution < -0.4 is 14.2 Å². The molecule has 0 saturated carbocycles. The standard InChI is InChI=1S/C38H31ClN2O6/c1-3-4-5-6-7-26-8-10-28(11-9-26)36(42)45-31-18-14-29(15-19-31)37(43)47-33-20-21-34(35(39)22-33)38(44)46-32-16-12-27(13-17-32)25(2)30(23-40)24-41/h8-22H,3-7H2,1-2H3. The molecule has 0 heterocycles. The smallest absolute Gasteiger partial charge is 0.345 e. The molecule has 9 heteroatoms. The van der Waals surface area contributed by atoms with Gasteiger partial charge < -0.3 is 14.2 Å². The van der Waals surface area contributed by atoms with Crippen LogP contribution in [-0.2, 0) is 6.42 Å². The zero-order valence-corrected chi connectivity index (χ0v) is 26.7. The highest BCUT2D eigenvalue weighted by Gasteiger charge is 2.17. The molecule has 0 saturated heterocycles. The van der Waals surface area contributed by atoms with Crippen LogP contribution in [0.2, 0.25) is 5.02 Å². The van der Waals surface area contributed by atoms with Crippen LogP contribution in [0.1, 0.15) is 81.7 Å². The summed E-state index contributed by atoms with van der Waals surface area (Å²) in [4.78, 5) is 38.1. The van der Waals surface area contributed by atoms with Gasteiger partial charge in [0.1, 0.15) is 35.0 Å². The molecule has 4 rings (SSSR count). The number of carbonyl (C=O) groups is 3. The molecule has 0 unspecified atom stereocenters. The van der Waals surface area contributed by atoms with Crippen molar-refractivity contribution in [2.75, 3.05) is 0 Å². The van der Waals surface area contributed by atoms with E-state index in [2.05, 4.69) is 6.92 Å². The molecule has 236 valence electrons. The molecular formula is C38H31ClN2O6. The van der Waals surface area contributed by atoms with Crippen molar-refractivity contribution in [1.82, 2.24) is 0 Å². The molecule has 4 aromatic rings. The van der Waals surface area contributed by atoms with Gasteiger partial charge in [-0.1, -0.05) is 62.1 Å². The zero-order valence-electron chi connectivity index (χ0n) is 25.9. The maximum absolute atomic E-state index is 12.7. The number of carbonyl (C=O) groups excluding carboxylic acids is 3. The summed E-state index contributed by atoms with van der Waals surface area (Å²) in [6, 6.07) is 27.4. The fourth-order valence-electron chi connectivity index (χ4n) is 4.55. The number of halogens is 1. The highest BCUT2D eigenvalue weighted by Crippen LogP contribution is 2.27. The number of benzene rings is 4. The summed E-state index contributed by atoms with van der Waals surface area (Å²) in [5, 5.41) is 18.1. The summed E-state index contributed by atoms with van der Waals surface area (Å²) >= 11 is 6.31. The molecule has 0 bridgehead atoms. The molecule has 4 aromatic carbocycles. The second-order valence-corrected chi connectivity index (χ2v) is 11.0. The Hall–Kier alpha value is -5.70. The zero-order chi connectivity index (χ0) is 33.8. The van der Waals surface area contributed by atoms with Crippen LogP contribution in [0.5, 0.6) is 17.2 Å². The fraction of sp³-hybridized carbons (Fsp3) is 0.184. The van der Waals surface area contributed by atoms with Gasteiger partial charge in [0.25, 0.3) is 0 Å². The van der Waals surface area contributed by atoms with Gasteiger partial charge in [0.15, 0.2) is 0 Å². The predicted molar refractivity (Wildman–Crippen MR) is 177 cm³/mol. The van der Waals surface area contributed by atoms with Gasteiger partial charge in [-0.15, -0.1) is 0 Å². The van der Waals surface area contributed by atoms with E-state index in [9.17, 15) is 14.4 Å². The molecule has 0 spiro atoms. The molecule has 0 N–H and O–H groups in total. The number of aryl methyl sites for hydroxylation is 1. The van der Waals surface area contributed by atoms with Crippen molar-refractivity contribution in [3.05, 3.63) is 129 Å². The predicted octanol–water partition coefficient (Wildman–Crippen LogP) is 8.94. The first-order valence-electron chi connectivity index (χ1n) is 15.0. The number of hydrogen-bond acceptors (Lipinski definition) is 8. The third-order valence-electron chi connectivity index (χ3n) is 7.28. The van der Waals surface area contributed by atoms with Gasteiger partial charge in [0.05, 0.1) is 21.7 Å². The second-order valence-electron chi connectivity index (χ2n) is 10.6. The van der Waals surface area contributed by atoms with Crippen molar-refractivity contribution >= 4 is 35.1 Å². The lowest BCUT2D eigenvalue weighted by Gasteiger charge is -2.10. The van der Waals surface area contributed by atoms with Gasteiger partial charge in [0, 0.05) is 6.07 Å². The normalized spacial score (nSPS) is 10.2. The summed E-state index contributed by atoms with van der Waals surface area (Å²) < 4.78 is 16.3. The van der Waals surface area contributed by atoms with Crippen LogP contribution in [-0.4, -0.2) is 17.9 Å². The number of ether oxygens (including phenoxy) is 3. The molecule has 8 nitrogen and oxygen atoms in total. The molecule has 47 heavy (non-hydrogen) atoms. The molecule has 0 aliphatic heterocycles. The Kier molecular flexibility index (Phi) is 12.0. The largest absolute Gasteiger partial charge is 0.423 e. The Bertz CT molecular complexity index is 1850. The maximum Gasteiger partial charge on any atom is 0.345 e. The van der Waals surface area contributed by atoms with Crippen molar-refractivity contribution in [1.29, 1.82) is 10.5 Å². The Labute approximate surface area is 278 Å². The highest BCUT2D eigenvalue weighted by molar-refractivity contribution is 6.33. The molecule has 0 atom stereocenters. The maximum atomic E-state index is 12.7. The van der Waals surface area contributed by atoms with E-state index >= 15 is 0 Å². The molecular weight excluding hydrogens is 616 g/mol. The SMILES string of the molecule is CCCCCCc1ccc(C(=O)Oc2ccc(C(=O)Oc3ccc(C(=O)Oc4ccc(C(C)=C(C#N)C#N)cc4)c(Cl)c3)cc2)cc1. The number of hydrogen-bond donors (Lipinski definition) is 0. The summed E-state index contributed by atoms with van der Waals surface area (Å²) in [7, 11) is 0. The molecule has 0 fully saturated rings. The highest BCUT2D eigenvalue weighted by atomic mass is 35.5. The summed E-state index contributed by atoms with van der Waals surface area (Å²) in [5.41, 5.74) is 3.00. The minimum absolute atomic E-state index is 0.00913. The van der Waals surface area contributed by atoms with E-state index in [1.807, 2.05) is 24.3 Å². The average Bonchev–Trinajstić information content (AvgIpc) is 3.08. The number of rotatable bonds is 12. The van der Waals surface area contributed by atoms with Crippen LogP contribution in [0.25, 0.3) is 5.57 Å². The van der Waals surface area contributed by atoms with Gasteiger partial charge in [-0.2, -0.15) is 10.5 Å². The van der Waals surface area contributed by atoms with E-state index in [1.54, 1.807) is 31.2 Å². The minimum atomic E-state index is -0.730. The van der Waals surface area contributed by atoms with Gasteiger partial charge in [0.2, 0.25) is 0 Å². The first-order chi connectivity index (χ1) is 22.7. The van der Waals surface area contributed by atoms with E-state index < -0.39 is 17.9 Å². The fourth-order valence-corrected chi connectivity index (χ4v) is 4.80. The van der Waals surface area contributed by atoms with E-state index in [0.29, 0.717) is 16.7 Å². The van der Waals surface area contributed by atoms with Gasteiger partial charge >= 0.3 is 17.9 Å². The number of unbranched alkanes of at least 4 members (excludes halogenated alkanes) is 3. The van der Waals surface area contributed by atoms with Crippen molar-refractivity contribution in [2.45, 2.75) is 46.0 Å². The average molecular weight is 647 g/mol. The van der Waals surface area contributed by atoms with E-state index in [1.165, 1.54) is 79.4 Å². The molecule has 0 aliphatic rings. The number of nitriles is 2. The lowest BCUT2D eigenvalue weighted by Crippen LogP contribution is -2.11. The van der Waals surface area contributed by atoms with Gasteiger partial charge in [-0.05, 0) is 97.1 Å². The van der Waals surface area contributed by atoms with Gasteiger partial charge in [-0.25, -0.2) is 14.4 Å². The lowest BCUT2D eigenvalue weighted by atomic mass is 10.0. The molecule has 0 amide bonds. The summed E-state index contributed by atoms with van der Waals surface area (Å²) in [5.74, 6) is -1.29. The Morgan fingerprint density at radius 2 is 1.13 bits per heavy atom. The van der Waals surface area contributed by atoms with Crippen LogP contribution in [0.3, 0.4) is 0 Å². The third-order valence-corrected chi connectivity index (χ3v) is 7.59. The molecule has 0 aliphatic carbocycles. The topological polar surface area (TPSA) is 126 Å².